The van der Waals surface area contributed by atoms with E-state index >= 15 is 0 Å². The van der Waals surface area contributed by atoms with Crippen LogP contribution in [0.15, 0.2) is 41.6 Å². The minimum Gasteiger partial charge on any atom is -0.321 e. The number of hydrogen-bond donors (Lipinski definition) is 0. The maximum atomic E-state index is 4.97. The van der Waals surface area contributed by atoms with E-state index in [9.17, 15) is 0 Å². The van der Waals surface area contributed by atoms with Crippen LogP contribution in [-0.4, -0.2) is 20.3 Å². The third kappa shape index (κ3) is 2.31. The van der Waals surface area contributed by atoms with Gasteiger partial charge in [0.05, 0.1) is 11.0 Å². The zero-order valence-corrected chi connectivity index (χ0v) is 13.7. The molecule has 0 aliphatic heterocycles. The molecular formula is C18H19N3S. The molecule has 1 saturated carbocycles. The van der Waals surface area contributed by atoms with E-state index in [0.717, 1.165) is 17.1 Å². The molecule has 0 amide bonds. The van der Waals surface area contributed by atoms with Gasteiger partial charge in [-0.05, 0) is 49.3 Å². The van der Waals surface area contributed by atoms with Gasteiger partial charge in [0.15, 0.2) is 0 Å². The first-order valence-corrected chi connectivity index (χ1v) is 8.82. The number of fused-ring (bicyclic) bond motifs is 1. The monoisotopic (exact) mass is 309 g/mol. The Balaban J connectivity index is 1.96. The topological polar surface area (TPSA) is 30.7 Å². The normalized spacial score (nSPS) is 14.6. The largest absolute Gasteiger partial charge is 0.321 e. The number of imidazole rings is 1. The summed E-state index contributed by atoms with van der Waals surface area (Å²) in [4.78, 5) is 10.5. The Kier molecular flexibility index (Phi) is 3.41. The van der Waals surface area contributed by atoms with E-state index in [1.165, 1.54) is 34.4 Å². The van der Waals surface area contributed by atoms with Crippen LogP contribution in [0.4, 0.5) is 0 Å². The highest BCUT2D eigenvalue weighted by Crippen LogP contribution is 2.42. The van der Waals surface area contributed by atoms with Crippen LogP contribution in [0.3, 0.4) is 0 Å². The van der Waals surface area contributed by atoms with Gasteiger partial charge in [-0.25, -0.2) is 4.98 Å². The van der Waals surface area contributed by atoms with E-state index in [0.29, 0.717) is 6.04 Å². The number of nitrogens with zero attached hydrogens (tertiary/aromatic N) is 3. The summed E-state index contributed by atoms with van der Waals surface area (Å²) in [7, 11) is 0. The molecule has 0 saturated heterocycles. The fourth-order valence-corrected chi connectivity index (χ4v) is 3.70. The SMILES string of the molecule is CCSc1cnccc1-c1nc2cc(C)ccc2n1C1CC1. The fourth-order valence-electron chi connectivity index (χ4n) is 2.94. The Morgan fingerprint density at radius 2 is 2.14 bits per heavy atom. The second-order valence-corrected chi connectivity index (χ2v) is 7.14. The third-order valence-corrected chi connectivity index (χ3v) is 5.01. The average Bonchev–Trinajstić information content (AvgIpc) is 3.29. The quantitative estimate of drug-likeness (QED) is 0.645. The number of aryl methyl sites for hydroxylation is 1. The second kappa shape index (κ2) is 5.43. The first-order valence-electron chi connectivity index (χ1n) is 7.83. The van der Waals surface area contributed by atoms with Crippen LogP contribution in [0, 0.1) is 6.92 Å². The molecule has 1 fully saturated rings. The van der Waals surface area contributed by atoms with E-state index in [4.69, 9.17) is 4.98 Å². The maximum Gasteiger partial charge on any atom is 0.142 e. The van der Waals surface area contributed by atoms with Gasteiger partial charge in [0, 0.05) is 28.9 Å². The lowest BCUT2D eigenvalue weighted by Gasteiger charge is -2.10. The molecule has 2 aromatic heterocycles. The summed E-state index contributed by atoms with van der Waals surface area (Å²) in [5.74, 6) is 2.14. The lowest BCUT2D eigenvalue weighted by atomic mass is 10.2. The van der Waals surface area contributed by atoms with Crippen molar-refractivity contribution in [3.8, 4) is 11.4 Å². The molecule has 4 rings (SSSR count). The predicted molar refractivity (Wildman–Crippen MR) is 92.4 cm³/mol. The minimum absolute atomic E-state index is 0.607. The molecular weight excluding hydrogens is 290 g/mol. The van der Waals surface area contributed by atoms with Crippen molar-refractivity contribution in [2.24, 2.45) is 0 Å². The third-order valence-electron chi connectivity index (χ3n) is 4.08. The van der Waals surface area contributed by atoms with Crippen LogP contribution >= 0.6 is 11.8 Å². The summed E-state index contributed by atoms with van der Waals surface area (Å²) in [6.45, 7) is 4.30. The van der Waals surface area contributed by atoms with E-state index in [2.05, 4.69) is 47.7 Å². The van der Waals surface area contributed by atoms with Crippen LogP contribution in [0.25, 0.3) is 22.4 Å². The van der Waals surface area contributed by atoms with Crippen LogP contribution < -0.4 is 0 Å². The van der Waals surface area contributed by atoms with Crippen LogP contribution in [-0.2, 0) is 0 Å². The molecule has 3 nitrogen and oxygen atoms in total. The van der Waals surface area contributed by atoms with Gasteiger partial charge in [0.2, 0.25) is 0 Å². The van der Waals surface area contributed by atoms with Crippen molar-refractivity contribution in [3.05, 3.63) is 42.2 Å². The van der Waals surface area contributed by atoms with Gasteiger partial charge in [-0.1, -0.05) is 13.0 Å². The number of pyridine rings is 1. The summed E-state index contributed by atoms with van der Waals surface area (Å²) in [6.07, 6.45) is 6.35. The molecule has 22 heavy (non-hydrogen) atoms. The summed E-state index contributed by atoms with van der Waals surface area (Å²) in [5, 5.41) is 0. The predicted octanol–water partition coefficient (Wildman–Crippen LogP) is 4.85. The number of rotatable bonds is 4. The van der Waals surface area contributed by atoms with E-state index in [-0.39, 0.29) is 0 Å². The number of aromatic nitrogens is 3. The molecule has 1 aliphatic carbocycles. The first kappa shape index (κ1) is 13.8. The Bertz CT molecular complexity index is 833. The lowest BCUT2D eigenvalue weighted by Crippen LogP contribution is -1.98. The van der Waals surface area contributed by atoms with Crippen LogP contribution in [0.2, 0.25) is 0 Å². The zero-order valence-electron chi connectivity index (χ0n) is 12.9. The van der Waals surface area contributed by atoms with Crippen molar-refractivity contribution < 1.29 is 0 Å². The van der Waals surface area contributed by atoms with Crippen LogP contribution in [0.1, 0.15) is 31.4 Å². The van der Waals surface area contributed by atoms with E-state index in [1.807, 2.05) is 24.2 Å². The maximum absolute atomic E-state index is 4.97. The molecule has 3 aromatic rings. The van der Waals surface area contributed by atoms with E-state index in [1.54, 1.807) is 0 Å². The molecule has 2 heterocycles. The highest BCUT2D eigenvalue weighted by molar-refractivity contribution is 7.99. The Labute approximate surface area is 134 Å². The molecule has 0 atom stereocenters. The lowest BCUT2D eigenvalue weighted by molar-refractivity contribution is 0.773. The Hall–Kier alpha value is -1.81. The van der Waals surface area contributed by atoms with Crippen molar-refractivity contribution in [2.75, 3.05) is 5.75 Å². The van der Waals surface area contributed by atoms with Crippen LogP contribution in [0.5, 0.6) is 0 Å². The van der Waals surface area contributed by atoms with Gasteiger partial charge in [-0.3, -0.25) is 4.98 Å². The minimum atomic E-state index is 0.607. The summed E-state index contributed by atoms with van der Waals surface area (Å²) < 4.78 is 2.43. The van der Waals surface area contributed by atoms with Gasteiger partial charge in [0.25, 0.3) is 0 Å². The van der Waals surface area contributed by atoms with E-state index < -0.39 is 0 Å². The van der Waals surface area contributed by atoms with Crippen molar-refractivity contribution in [3.63, 3.8) is 0 Å². The van der Waals surface area contributed by atoms with Gasteiger partial charge in [0.1, 0.15) is 5.82 Å². The summed E-state index contributed by atoms with van der Waals surface area (Å²) in [6, 6.07) is 9.29. The number of benzene rings is 1. The smallest absolute Gasteiger partial charge is 0.142 e. The molecule has 1 aliphatic rings. The van der Waals surface area contributed by atoms with Gasteiger partial charge >= 0.3 is 0 Å². The molecule has 0 radical (unpaired) electrons. The number of thioether (sulfide) groups is 1. The Morgan fingerprint density at radius 1 is 1.27 bits per heavy atom. The molecule has 112 valence electrons. The molecule has 4 heteroatoms. The van der Waals surface area contributed by atoms with Crippen molar-refractivity contribution in [1.29, 1.82) is 0 Å². The highest BCUT2D eigenvalue weighted by Gasteiger charge is 2.29. The second-order valence-electron chi connectivity index (χ2n) is 5.83. The molecule has 0 spiro atoms. The van der Waals surface area contributed by atoms with Gasteiger partial charge in [-0.2, -0.15) is 0 Å². The zero-order chi connectivity index (χ0) is 15.1. The van der Waals surface area contributed by atoms with Gasteiger partial charge in [-0.15, -0.1) is 11.8 Å². The highest BCUT2D eigenvalue weighted by atomic mass is 32.2. The average molecular weight is 309 g/mol. The summed E-state index contributed by atoms with van der Waals surface area (Å²) >= 11 is 1.83. The number of hydrogen-bond acceptors (Lipinski definition) is 3. The molecule has 1 aromatic carbocycles. The van der Waals surface area contributed by atoms with Crippen molar-refractivity contribution in [2.45, 2.75) is 37.6 Å². The van der Waals surface area contributed by atoms with Crippen molar-refractivity contribution >= 4 is 22.8 Å². The molecule has 0 bridgehead atoms. The first-order chi connectivity index (χ1) is 10.8. The fraction of sp³-hybridized carbons (Fsp3) is 0.333. The molecule has 0 unspecified atom stereocenters. The standard InChI is InChI=1S/C18H19N3S/c1-3-22-17-11-19-9-8-14(17)18-20-15-10-12(2)4-7-16(15)21(18)13-5-6-13/h4,7-11,13H,3,5-6H2,1-2H3. The Morgan fingerprint density at radius 3 is 2.91 bits per heavy atom. The summed E-state index contributed by atoms with van der Waals surface area (Å²) in [5.41, 5.74) is 4.83. The molecule has 0 N–H and O–H groups in total. The van der Waals surface area contributed by atoms with Crippen molar-refractivity contribution in [1.82, 2.24) is 14.5 Å². The van der Waals surface area contributed by atoms with Gasteiger partial charge < -0.3 is 4.57 Å².